The SMILES string of the molecule is CCCOc1cc(C(=O)C(=Cc2ccccc2Cl)n2cncn2)cc2c1OC(C)(C)C2. The normalized spacial score (nSPS) is 14.8. The van der Waals surface area contributed by atoms with Gasteiger partial charge in [0.25, 0.3) is 0 Å². The number of fused-ring (bicyclic) bond motifs is 1. The summed E-state index contributed by atoms with van der Waals surface area (Å²) in [5, 5.41) is 4.72. The van der Waals surface area contributed by atoms with Crippen LogP contribution in [0.3, 0.4) is 0 Å². The van der Waals surface area contributed by atoms with Crippen LogP contribution in [0.5, 0.6) is 11.5 Å². The Labute approximate surface area is 186 Å². The van der Waals surface area contributed by atoms with Crippen molar-refractivity contribution in [3.8, 4) is 11.5 Å². The van der Waals surface area contributed by atoms with Crippen molar-refractivity contribution in [1.82, 2.24) is 14.8 Å². The van der Waals surface area contributed by atoms with E-state index in [-0.39, 0.29) is 11.4 Å². The number of ketones is 1. The molecule has 160 valence electrons. The molecule has 0 saturated heterocycles. The number of hydrogen-bond acceptors (Lipinski definition) is 5. The van der Waals surface area contributed by atoms with Crippen LogP contribution in [-0.4, -0.2) is 32.8 Å². The zero-order valence-electron chi connectivity index (χ0n) is 17.8. The number of rotatable bonds is 7. The van der Waals surface area contributed by atoms with Crippen molar-refractivity contribution in [2.45, 2.75) is 39.2 Å². The van der Waals surface area contributed by atoms with Crippen molar-refractivity contribution in [2.75, 3.05) is 6.61 Å². The van der Waals surface area contributed by atoms with E-state index in [1.807, 2.05) is 45.0 Å². The molecule has 2 heterocycles. The molecule has 0 bridgehead atoms. The highest BCUT2D eigenvalue weighted by Crippen LogP contribution is 2.43. The Morgan fingerprint density at radius 1 is 1.32 bits per heavy atom. The smallest absolute Gasteiger partial charge is 0.211 e. The molecule has 3 aromatic rings. The highest BCUT2D eigenvalue weighted by atomic mass is 35.5. The molecule has 0 radical (unpaired) electrons. The van der Waals surface area contributed by atoms with Gasteiger partial charge in [0.2, 0.25) is 5.78 Å². The molecule has 1 aromatic heterocycles. The number of halogens is 1. The summed E-state index contributed by atoms with van der Waals surface area (Å²) >= 11 is 6.33. The lowest BCUT2D eigenvalue weighted by atomic mass is 9.97. The van der Waals surface area contributed by atoms with Gasteiger partial charge in [-0.05, 0) is 50.1 Å². The molecule has 7 heteroatoms. The maximum atomic E-state index is 13.6. The molecule has 0 fully saturated rings. The fraction of sp³-hybridized carbons (Fsp3) is 0.292. The summed E-state index contributed by atoms with van der Waals surface area (Å²) in [7, 11) is 0. The van der Waals surface area contributed by atoms with Gasteiger partial charge in [-0.1, -0.05) is 36.7 Å². The van der Waals surface area contributed by atoms with Gasteiger partial charge in [-0.3, -0.25) is 4.79 Å². The summed E-state index contributed by atoms with van der Waals surface area (Å²) < 4.78 is 13.5. The molecular formula is C24H24ClN3O3. The molecular weight excluding hydrogens is 414 g/mol. The van der Waals surface area contributed by atoms with Gasteiger partial charge in [0, 0.05) is 22.6 Å². The lowest BCUT2D eigenvalue weighted by Crippen LogP contribution is -2.24. The number of carbonyl (C=O) groups is 1. The van der Waals surface area contributed by atoms with Gasteiger partial charge >= 0.3 is 0 Å². The average Bonchev–Trinajstić information content (AvgIpc) is 3.37. The van der Waals surface area contributed by atoms with E-state index in [4.69, 9.17) is 21.1 Å². The largest absolute Gasteiger partial charge is 0.490 e. The number of ether oxygens (including phenoxy) is 2. The maximum Gasteiger partial charge on any atom is 0.211 e. The zero-order chi connectivity index (χ0) is 22.0. The van der Waals surface area contributed by atoms with Gasteiger partial charge in [-0.15, -0.1) is 0 Å². The van der Waals surface area contributed by atoms with Crippen LogP contribution in [0.1, 0.15) is 48.7 Å². The van der Waals surface area contributed by atoms with Crippen LogP contribution in [0.25, 0.3) is 11.8 Å². The van der Waals surface area contributed by atoms with Crippen LogP contribution in [0.15, 0.2) is 49.1 Å². The Balaban J connectivity index is 1.80. The van der Waals surface area contributed by atoms with Gasteiger partial charge in [-0.25, -0.2) is 9.67 Å². The number of hydrogen-bond donors (Lipinski definition) is 0. The molecule has 0 atom stereocenters. The summed E-state index contributed by atoms with van der Waals surface area (Å²) in [6, 6.07) is 11.0. The first kappa shape index (κ1) is 21.1. The predicted octanol–water partition coefficient (Wildman–Crippen LogP) is 5.31. The number of aromatic nitrogens is 3. The molecule has 4 rings (SSSR count). The number of carbonyl (C=O) groups excluding carboxylic acids is 1. The van der Waals surface area contributed by atoms with E-state index < -0.39 is 0 Å². The molecule has 1 aliphatic rings. The Bertz CT molecular complexity index is 1140. The molecule has 31 heavy (non-hydrogen) atoms. The van der Waals surface area contributed by atoms with Crippen LogP contribution in [0, 0.1) is 0 Å². The van der Waals surface area contributed by atoms with Crippen LogP contribution < -0.4 is 9.47 Å². The highest BCUT2D eigenvalue weighted by Gasteiger charge is 2.34. The third-order valence-corrected chi connectivity index (χ3v) is 5.29. The van der Waals surface area contributed by atoms with Crippen molar-refractivity contribution in [3.63, 3.8) is 0 Å². The molecule has 0 unspecified atom stereocenters. The molecule has 0 saturated carbocycles. The van der Waals surface area contributed by atoms with E-state index in [0.29, 0.717) is 40.8 Å². The van der Waals surface area contributed by atoms with Crippen LogP contribution in [0.4, 0.5) is 0 Å². The van der Waals surface area contributed by atoms with Gasteiger partial charge < -0.3 is 9.47 Å². The fourth-order valence-electron chi connectivity index (χ4n) is 3.58. The zero-order valence-corrected chi connectivity index (χ0v) is 18.5. The van der Waals surface area contributed by atoms with E-state index in [1.54, 1.807) is 18.2 Å². The van der Waals surface area contributed by atoms with E-state index in [1.165, 1.54) is 17.3 Å². The average molecular weight is 438 g/mol. The lowest BCUT2D eigenvalue weighted by molar-refractivity contribution is 0.105. The van der Waals surface area contributed by atoms with E-state index in [9.17, 15) is 4.79 Å². The standard InChI is InChI=1S/C24H24ClN3O3/c1-4-9-30-21-12-17(10-18-13-24(2,3)31-23(18)21)22(29)20(28-15-26-14-27-28)11-16-7-5-6-8-19(16)25/h5-8,10-12,14-15H,4,9,13H2,1-3H3. The Hall–Kier alpha value is -3.12. The number of Topliss-reactive ketones (excluding diaryl/α,β-unsaturated/α-hetero) is 1. The molecule has 0 N–H and O–H groups in total. The first-order chi connectivity index (χ1) is 14.9. The van der Waals surface area contributed by atoms with Crippen molar-refractivity contribution >= 4 is 29.2 Å². The minimum absolute atomic E-state index is 0.209. The Morgan fingerprint density at radius 3 is 2.84 bits per heavy atom. The number of nitrogens with zero attached hydrogens (tertiary/aromatic N) is 3. The molecule has 0 amide bonds. The summed E-state index contributed by atoms with van der Waals surface area (Å²) in [5.74, 6) is 1.09. The van der Waals surface area contributed by atoms with Crippen LogP contribution in [-0.2, 0) is 6.42 Å². The second-order valence-electron chi connectivity index (χ2n) is 8.07. The fourth-order valence-corrected chi connectivity index (χ4v) is 3.77. The molecule has 0 aliphatic carbocycles. The highest BCUT2D eigenvalue weighted by molar-refractivity contribution is 6.33. The van der Waals surface area contributed by atoms with E-state index in [2.05, 4.69) is 10.1 Å². The summed E-state index contributed by atoms with van der Waals surface area (Å²) in [6.45, 7) is 6.63. The molecule has 2 aromatic carbocycles. The van der Waals surface area contributed by atoms with Gasteiger partial charge in [0.05, 0.1) is 6.61 Å². The molecule has 1 aliphatic heterocycles. The predicted molar refractivity (Wildman–Crippen MR) is 121 cm³/mol. The maximum absolute atomic E-state index is 13.6. The van der Waals surface area contributed by atoms with E-state index >= 15 is 0 Å². The molecule has 6 nitrogen and oxygen atoms in total. The summed E-state index contributed by atoms with van der Waals surface area (Å²) in [4.78, 5) is 17.6. The monoisotopic (exact) mass is 437 g/mol. The minimum Gasteiger partial charge on any atom is -0.490 e. The van der Waals surface area contributed by atoms with Crippen molar-refractivity contribution in [3.05, 3.63) is 70.8 Å². The minimum atomic E-state index is -0.351. The number of allylic oxidation sites excluding steroid dienone is 1. The molecule has 0 spiro atoms. The summed E-state index contributed by atoms with van der Waals surface area (Å²) in [5.41, 5.74) is 2.16. The van der Waals surface area contributed by atoms with Crippen molar-refractivity contribution in [2.24, 2.45) is 0 Å². The van der Waals surface area contributed by atoms with Crippen molar-refractivity contribution < 1.29 is 14.3 Å². The van der Waals surface area contributed by atoms with Gasteiger partial charge in [0.15, 0.2) is 11.5 Å². The lowest BCUT2D eigenvalue weighted by Gasteiger charge is -2.18. The van der Waals surface area contributed by atoms with Gasteiger partial charge in [-0.2, -0.15) is 5.10 Å². The Kier molecular flexibility index (Phi) is 5.83. The second-order valence-corrected chi connectivity index (χ2v) is 8.48. The first-order valence-corrected chi connectivity index (χ1v) is 10.6. The Morgan fingerprint density at radius 2 is 2.13 bits per heavy atom. The quantitative estimate of drug-likeness (QED) is 0.370. The summed E-state index contributed by atoms with van der Waals surface area (Å²) in [6.07, 6.45) is 6.16. The van der Waals surface area contributed by atoms with Crippen molar-refractivity contribution in [1.29, 1.82) is 0 Å². The van der Waals surface area contributed by atoms with Crippen LogP contribution >= 0.6 is 11.6 Å². The second kappa shape index (κ2) is 8.55. The van der Waals surface area contributed by atoms with Crippen LogP contribution in [0.2, 0.25) is 5.02 Å². The third-order valence-electron chi connectivity index (χ3n) is 4.95. The number of benzene rings is 2. The first-order valence-electron chi connectivity index (χ1n) is 10.2. The van der Waals surface area contributed by atoms with Gasteiger partial charge in [0.1, 0.15) is 24.0 Å². The third kappa shape index (κ3) is 4.49. The van der Waals surface area contributed by atoms with E-state index in [0.717, 1.165) is 17.5 Å². The topological polar surface area (TPSA) is 66.2 Å².